The molecule has 1 aromatic heterocycles. The van der Waals surface area contributed by atoms with Crippen molar-refractivity contribution in [3.63, 3.8) is 0 Å². The summed E-state index contributed by atoms with van der Waals surface area (Å²) >= 11 is 6.00. The summed E-state index contributed by atoms with van der Waals surface area (Å²) < 4.78 is 33.9. The Morgan fingerprint density at radius 2 is 2.00 bits per heavy atom. The lowest BCUT2D eigenvalue weighted by atomic mass is 10.1. The maximum atomic E-state index is 12.8. The van der Waals surface area contributed by atoms with Gasteiger partial charge in [0.15, 0.2) is 6.61 Å². The molecule has 0 fully saturated rings. The summed E-state index contributed by atoms with van der Waals surface area (Å²) in [6.07, 6.45) is 0.460. The van der Waals surface area contributed by atoms with Crippen LogP contribution < -0.4 is 10.0 Å². The van der Waals surface area contributed by atoms with E-state index in [4.69, 9.17) is 25.9 Å². The molecule has 162 valence electrons. The van der Waals surface area contributed by atoms with E-state index >= 15 is 0 Å². The Bertz CT molecular complexity index is 1330. The van der Waals surface area contributed by atoms with Crippen LogP contribution in [0.15, 0.2) is 45.7 Å². The number of primary sulfonamides is 1. The van der Waals surface area contributed by atoms with Crippen LogP contribution in [0.5, 0.6) is 0 Å². The Hall–Kier alpha value is -2.88. The number of aryl methyl sites for hydroxylation is 1. The van der Waals surface area contributed by atoms with Crippen LogP contribution in [0.2, 0.25) is 5.02 Å². The zero-order valence-corrected chi connectivity index (χ0v) is 18.3. The van der Waals surface area contributed by atoms with Gasteiger partial charge in [-0.2, -0.15) is 0 Å². The van der Waals surface area contributed by atoms with Crippen molar-refractivity contribution in [2.24, 2.45) is 5.14 Å². The molecule has 2 heterocycles. The number of nitrogens with two attached hydrogens (primary N) is 1. The zero-order valence-electron chi connectivity index (χ0n) is 16.7. The van der Waals surface area contributed by atoms with Crippen LogP contribution in [0, 0.1) is 6.92 Å². The number of ether oxygens (including phenoxy) is 1. The second-order valence-electron chi connectivity index (χ2n) is 7.43. The number of carbonyl (C=O) groups excluding carboxylic acids is 2. The number of rotatable bonds is 4. The van der Waals surface area contributed by atoms with Crippen molar-refractivity contribution in [2.75, 3.05) is 11.5 Å². The van der Waals surface area contributed by atoms with E-state index in [-0.39, 0.29) is 16.7 Å². The van der Waals surface area contributed by atoms with E-state index in [2.05, 4.69) is 0 Å². The molecule has 0 aliphatic carbocycles. The second-order valence-corrected chi connectivity index (χ2v) is 9.42. The van der Waals surface area contributed by atoms with Crippen molar-refractivity contribution in [1.82, 2.24) is 0 Å². The van der Waals surface area contributed by atoms with E-state index in [1.165, 1.54) is 23.1 Å². The van der Waals surface area contributed by atoms with E-state index < -0.39 is 28.5 Å². The standard InChI is InChI=1S/C21H19ClN2O6S/c1-11-7-13-8-15(31(23,27)28)4-5-17(13)24(11)19(25)10-29-21(26)20-12(2)16-9-14(22)3-6-18(16)30-20/h3-6,8-9,11H,7,10H2,1-2H3,(H2,23,27,28)/t11-/m1/s1. The van der Waals surface area contributed by atoms with Crippen molar-refractivity contribution in [3.8, 4) is 0 Å². The average Bonchev–Trinajstić information content (AvgIpc) is 3.21. The summed E-state index contributed by atoms with van der Waals surface area (Å²) in [4.78, 5) is 26.8. The van der Waals surface area contributed by atoms with Gasteiger partial charge < -0.3 is 14.1 Å². The van der Waals surface area contributed by atoms with Gasteiger partial charge in [-0.25, -0.2) is 18.4 Å². The fraction of sp³-hybridized carbons (Fsp3) is 0.238. The number of halogens is 1. The Morgan fingerprint density at radius 1 is 1.26 bits per heavy atom. The molecule has 0 spiro atoms. The van der Waals surface area contributed by atoms with Gasteiger partial charge in [-0.15, -0.1) is 0 Å². The van der Waals surface area contributed by atoms with Crippen molar-refractivity contribution < 1.29 is 27.2 Å². The Kier molecular flexibility index (Phi) is 5.28. The number of carbonyl (C=O) groups is 2. The predicted molar refractivity (Wildman–Crippen MR) is 115 cm³/mol. The Labute approximate surface area is 183 Å². The molecule has 31 heavy (non-hydrogen) atoms. The first-order chi connectivity index (χ1) is 14.6. The van der Waals surface area contributed by atoms with Crippen LogP contribution in [0.3, 0.4) is 0 Å². The highest BCUT2D eigenvalue weighted by atomic mass is 35.5. The first-order valence-corrected chi connectivity index (χ1v) is 11.3. The van der Waals surface area contributed by atoms with Crippen molar-refractivity contribution >= 4 is 50.2 Å². The highest BCUT2D eigenvalue weighted by Crippen LogP contribution is 2.34. The molecule has 2 aromatic carbocycles. The van der Waals surface area contributed by atoms with Crippen LogP contribution in [0.25, 0.3) is 11.0 Å². The summed E-state index contributed by atoms with van der Waals surface area (Å²) in [7, 11) is -3.84. The number of esters is 1. The highest BCUT2D eigenvalue weighted by Gasteiger charge is 2.32. The van der Waals surface area contributed by atoms with Crippen LogP contribution in [0.1, 0.15) is 28.6 Å². The smallest absolute Gasteiger partial charge is 0.375 e. The van der Waals surface area contributed by atoms with Gasteiger partial charge in [-0.1, -0.05) is 11.6 Å². The van der Waals surface area contributed by atoms with Crippen LogP contribution in [-0.2, 0) is 26.0 Å². The minimum absolute atomic E-state index is 0.0118. The van der Waals surface area contributed by atoms with Gasteiger partial charge in [-0.05, 0) is 62.2 Å². The summed E-state index contributed by atoms with van der Waals surface area (Å²) in [6, 6.07) is 9.11. The predicted octanol–water partition coefficient (Wildman–Crippen LogP) is 3.18. The van der Waals surface area contributed by atoms with Crippen LogP contribution >= 0.6 is 11.6 Å². The maximum Gasteiger partial charge on any atom is 0.375 e. The van der Waals surface area contributed by atoms with Gasteiger partial charge in [0.05, 0.1) is 4.90 Å². The summed E-state index contributed by atoms with van der Waals surface area (Å²) in [6.45, 7) is 3.04. The fourth-order valence-corrected chi connectivity index (χ4v) is 4.55. The lowest BCUT2D eigenvalue weighted by molar-refractivity contribution is -0.122. The topological polar surface area (TPSA) is 120 Å². The largest absolute Gasteiger partial charge is 0.450 e. The van der Waals surface area contributed by atoms with Crippen LogP contribution in [-0.4, -0.2) is 32.9 Å². The summed E-state index contributed by atoms with van der Waals surface area (Å²) in [5, 5.41) is 6.39. The highest BCUT2D eigenvalue weighted by molar-refractivity contribution is 7.89. The molecule has 2 N–H and O–H groups in total. The molecule has 0 saturated carbocycles. The molecular weight excluding hydrogens is 444 g/mol. The molecule has 0 saturated heterocycles. The molecule has 1 amide bonds. The number of nitrogens with zero attached hydrogens (tertiary/aromatic N) is 1. The summed E-state index contributed by atoms with van der Waals surface area (Å²) in [5.74, 6) is -1.17. The molecule has 0 bridgehead atoms. The van der Waals surface area contributed by atoms with Gasteiger partial charge in [-0.3, -0.25) is 4.79 Å². The molecule has 1 atom stereocenters. The van der Waals surface area contributed by atoms with Crippen LogP contribution in [0.4, 0.5) is 5.69 Å². The minimum atomic E-state index is -3.84. The Balaban J connectivity index is 1.51. The number of sulfonamides is 1. The number of hydrogen-bond acceptors (Lipinski definition) is 6. The lowest BCUT2D eigenvalue weighted by Gasteiger charge is -2.22. The average molecular weight is 463 g/mol. The van der Waals surface area contributed by atoms with Crippen molar-refractivity contribution in [3.05, 3.63) is 58.3 Å². The number of benzene rings is 2. The number of fused-ring (bicyclic) bond motifs is 2. The molecule has 4 rings (SSSR count). The lowest BCUT2D eigenvalue weighted by Crippen LogP contribution is -2.38. The number of hydrogen-bond donors (Lipinski definition) is 1. The van der Waals surface area contributed by atoms with Crippen molar-refractivity contribution in [1.29, 1.82) is 0 Å². The van der Waals surface area contributed by atoms with E-state index in [1.54, 1.807) is 25.1 Å². The second kappa shape index (κ2) is 7.67. The first kappa shape index (κ1) is 21.4. The van der Waals surface area contributed by atoms with Gasteiger partial charge >= 0.3 is 5.97 Å². The number of anilines is 1. The monoisotopic (exact) mass is 462 g/mol. The quantitative estimate of drug-likeness (QED) is 0.594. The number of furan rings is 1. The first-order valence-electron chi connectivity index (χ1n) is 9.40. The normalized spacial score (nSPS) is 15.9. The van der Waals surface area contributed by atoms with Gasteiger partial charge in [0.1, 0.15) is 5.58 Å². The summed E-state index contributed by atoms with van der Waals surface area (Å²) in [5.41, 5.74) is 2.32. The molecule has 0 unspecified atom stereocenters. The van der Waals surface area contributed by atoms with E-state index in [0.29, 0.717) is 39.2 Å². The third-order valence-corrected chi connectivity index (χ3v) is 6.42. The van der Waals surface area contributed by atoms with Gasteiger partial charge in [0.25, 0.3) is 5.91 Å². The molecular formula is C21H19ClN2O6S. The van der Waals surface area contributed by atoms with E-state index in [0.717, 1.165) is 0 Å². The Morgan fingerprint density at radius 3 is 2.71 bits per heavy atom. The van der Waals surface area contributed by atoms with E-state index in [9.17, 15) is 18.0 Å². The van der Waals surface area contributed by atoms with Crippen molar-refractivity contribution in [2.45, 2.75) is 31.2 Å². The maximum absolute atomic E-state index is 12.8. The fourth-order valence-electron chi connectivity index (χ4n) is 3.81. The molecule has 1 aliphatic rings. The SMILES string of the molecule is Cc1c(C(=O)OCC(=O)N2c3ccc(S(N)(=O)=O)cc3C[C@H]2C)oc2ccc(Cl)cc12. The third-order valence-electron chi connectivity index (χ3n) is 5.27. The molecule has 8 nitrogen and oxygen atoms in total. The minimum Gasteiger partial charge on any atom is -0.450 e. The zero-order chi connectivity index (χ0) is 22.5. The molecule has 3 aromatic rings. The van der Waals surface area contributed by atoms with Gasteiger partial charge in [0, 0.05) is 27.7 Å². The van der Waals surface area contributed by atoms with Gasteiger partial charge in [0.2, 0.25) is 15.8 Å². The third kappa shape index (κ3) is 3.91. The molecule has 1 aliphatic heterocycles. The van der Waals surface area contributed by atoms with E-state index in [1.807, 2.05) is 6.92 Å². The molecule has 10 heteroatoms. The molecule has 0 radical (unpaired) electrons. The number of amides is 1.